The molecule has 2 aromatic rings. The number of benzene rings is 2. The van der Waals surface area contributed by atoms with Crippen molar-refractivity contribution in [3.63, 3.8) is 0 Å². The molecule has 0 aromatic heterocycles. The molecule has 166 valence electrons. The first-order chi connectivity index (χ1) is 15.1. The Morgan fingerprint density at radius 2 is 1.84 bits per heavy atom. The van der Waals surface area contributed by atoms with Crippen molar-refractivity contribution < 1.29 is 14.3 Å². The molecule has 1 aliphatic rings. The molecule has 1 heterocycles. The molecule has 7 nitrogen and oxygen atoms in total. The molecule has 1 saturated heterocycles. The van der Waals surface area contributed by atoms with E-state index < -0.39 is 0 Å². The number of nitrogens with one attached hydrogen (secondary N) is 2. The van der Waals surface area contributed by atoms with Gasteiger partial charge in [-0.1, -0.05) is 18.2 Å². The lowest BCUT2D eigenvalue weighted by molar-refractivity contribution is -0.117. The Morgan fingerprint density at radius 1 is 1.06 bits per heavy atom. The number of guanidine groups is 1. The van der Waals surface area contributed by atoms with Gasteiger partial charge in [-0.2, -0.15) is 0 Å². The SMILES string of the molecule is CCNC(=NCc1ccc(OCC)c(OC)c1)NCc1ccc(N2CCCC2=O)cc1. The Balaban J connectivity index is 1.60. The van der Waals surface area contributed by atoms with Crippen LogP contribution in [0.2, 0.25) is 0 Å². The standard InChI is InChI=1S/C24H32N4O3/c1-4-25-24(27-17-19-10-13-21(31-5-2)22(15-19)30-3)26-16-18-8-11-20(12-9-18)28-14-6-7-23(28)29/h8-13,15H,4-7,14,16-17H2,1-3H3,(H2,25,26,27). The van der Waals surface area contributed by atoms with Gasteiger partial charge in [0.1, 0.15) is 0 Å². The normalized spacial score (nSPS) is 14.0. The number of methoxy groups -OCH3 is 1. The Bertz CT molecular complexity index is 896. The second kappa shape index (κ2) is 11.2. The first-order valence-electron chi connectivity index (χ1n) is 10.9. The lowest BCUT2D eigenvalue weighted by Crippen LogP contribution is -2.36. The summed E-state index contributed by atoms with van der Waals surface area (Å²) in [6.45, 7) is 7.33. The van der Waals surface area contributed by atoms with E-state index in [-0.39, 0.29) is 5.91 Å². The fraction of sp³-hybridized carbons (Fsp3) is 0.417. The number of aliphatic imine (C=N–C) groups is 1. The molecule has 7 heteroatoms. The minimum absolute atomic E-state index is 0.207. The van der Waals surface area contributed by atoms with Crippen molar-refractivity contribution in [1.82, 2.24) is 10.6 Å². The number of amides is 1. The number of ether oxygens (including phenoxy) is 2. The molecule has 1 fully saturated rings. The molecule has 2 N–H and O–H groups in total. The van der Waals surface area contributed by atoms with Gasteiger partial charge in [0.05, 0.1) is 20.3 Å². The van der Waals surface area contributed by atoms with Crippen LogP contribution >= 0.6 is 0 Å². The van der Waals surface area contributed by atoms with Crippen molar-refractivity contribution in [2.45, 2.75) is 39.8 Å². The first-order valence-corrected chi connectivity index (χ1v) is 10.9. The maximum atomic E-state index is 11.9. The summed E-state index contributed by atoms with van der Waals surface area (Å²) in [5.41, 5.74) is 3.14. The zero-order valence-corrected chi connectivity index (χ0v) is 18.6. The van der Waals surface area contributed by atoms with E-state index in [0.29, 0.717) is 31.9 Å². The van der Waals surface area contributed by atoms with Crippen molar-refractivity contribution in [2.24, 2.45) is 4.99 Å². The molecule has 0 unspecified atom stereocenters. The molecule has 1 aliphatic heterocycles. The number of carbonyl (C=O) groups is 1. The smallest absolute Gasteiger partial charge is 0.227 e. The molecule has 0 aliphatic carbocycles. The molecule has 2 aromatic carbocycles. The van der Waals surface area contributed by atoms with Gasteiger partial charge in [0.2, 0.25) is 5.91 Å². The lowest BCUT2D eigenvalue weighted by atomic mass is 10.2. The van der Waals surface area contributed by atoms with Crippen molar-refractivity contribution in [1.29, 1.82) is 0 Å². The molecule has 31 heavy (non-hydrogen) atoms. The fourth-order valence-corrected chi connectivity index (χ4v) is 3.50. The van der Waals surface area contributed by atoms with Crippen molar-refractivity contribution >= 4 is 17.6 Å². The molecule has 1 amide bonds. The molecule has 3 rings (SSSR count). The summed E-state index contributed by atoms with van der Waals surface area (Å²) in [7, 11) is 1.64. The molecule has 0 atom stereocenters. The Hall–Kier alpha value is -3.22. The summed E-state index contributed by atoms with van der Waals surface area (Å²) in [5, 5.41) is 6.64. The zero-order valence-electron chi connectivity index (χ0n) is 18.6. The first kappa shape index (κ1) is 22.5. The van der Waals surface area contributed by atoms with E-state index in [1.807, 2.05) is 49.1 Å². The number of hydrogen-bond donors (Lipinski definition) is 2. The summed E-state index contributed by atoms with van der Waals surface area (Å²) >= 11 is 0. The monoisotopic (exact) mass is 424 g/mol. The number of anilines is 1. The van der Waals surface area contributed by atoms with Crippen LogP contribution in [-0.4, -0.2) is 38.7 Å². The third-order valence-corrected chi connectivity index (χ3v) is 5.07. The predicted molar refractivity (Wildman–Crippen MR) is 124 cm³/mol. The van der Waals surface area contributed by atoms with Gasteiger partial charge >= 0.3 is 0 Å². The third-order valence-electron chi connectivity index (χ3n) is 5.07. The molecular formula is C24H32N4O3. The highest BCUT2D eigenvalue weighted by molar-refractivity contribution is 5.95. The van der Waals surface area contributed by atoms with Crippen LogP contribution in [0, 0.1) is 0 Å². The third kappa shape index (κ3) is 6.13. The van der Waals surface area contributed by atoms with Gasteiger partial charge in [0, 0.05) is 31.7 Å². The molecule has 0 saturated carbocycles. The van der Waals surface area contributed by atoms with Gasteiger partial charge in [-0.05, 0) is 55.7 Å². The van der Waals surface area contributed by atoms with Crippen LogP contribution in [-0.2, 0) is 17.9 Å². The van der Waals surface area contributed by atoms with Gasteiger partial charge in [-0.3, -0.25) is 4.79 Å². The van der Waals surface area contributed by atoms with Gasteiger partial charge in [-0.25, -0.2) is 4.99 Å². The maximum absolute atomic E-state index is 11.9. The minimum Gasteiger partial charge on any atom is -0.493 e. The topological polar surface area (TPSA) is 75.2 Å². The van der Waals surface area contributed by atoms with E-state index in [0.717, 1.165) is 48.0 Å². The van der Waals surface area contributed by atoms with Gasteiger partial charge in [0.25, 0.3) is 0 Å². The summed E-state index contributed by atoms with van der Waals surface area (Å²) < 4.78 is 11.0. The van der Waals surface area contributed by atoms with Gasteiger partial charge < -0.3 is 25.0 Å². The summed E-state index contributed by atoms with van der Waals surface area (Å²) in [6.07, 6.45) is 1.58. The van der Waals surface area contributed by atoms with Crippen LogP contribution in [0.4, 0.5) is 5.69 Å². The van der Waals surface area contributed by atoms with Gasteiger partial charge in [0.15, 0.2) is 17.5 Å². The average Bonchev–Trinajstić information content (AvgIpc) is 3.22. The van der Waals surface area contributed by atoms with Crippen molar-refractivity contribution in [3.05, 3.63) is 53.6 Å². The lowest BCUT2D eigenvalue weighted by Gasteiger charge is -2.16. The highest BCUT2D eigenvalue weighted by atomic mass is 16.5. The second-order valence-electron chi connectivity index (χ2n) is 7.28. The van der Waals surface area contributed by atoms with Gasteiger partial charge in [-0.15, -0.1) is 0 Å². The number of hydrogen-bond acceptors (Lipinski definition) is 4. The van der Waals surface area contributed by atoms with Crippen molar-refractivity contribution in [3.8, 4) is 11.5 Å². The highest BCUT2D eigenvalue weighted by Crippen LogP contribution is 2.28. The van der Waals surface area contributed by atoms with E-state index in [9.17, 15) is 4.79 Å². The average molecular weight is 425 g/mol. The van der Waals surface area contributed by atoms with E-state index in [1.54, 1.807) is 7.11 Å². The molecule has 0 bridgehead atoms. The second-order valence-corrected chi connectivity index (χ2v) is 7.28. The number of carbonyl (C=O) groups excluding carboxylic acids is 1. The predicted octanol–water partition coefficient (Wildman–Crippen LogP) is 3.48. The molecule has 0 radical (unpaired) electrons. The van der Waals surface area contributed by atoms with Crippen LogP contribution in [0.1, 0.15) is 37.8 Å². The van der Waals surface area contributed by atoms with Crippen LogP contribution in [0.3, 0.4) is 0 Å². The highest BCUT2D eigenvalue weighted by Gasteiger charge is 2.21. The zero-order chi connectivity index (χ0) is 22.1. The van der Waals surface area contributed by atoms with Crippen LogP contribution in [0.25, 0.3) is 0 Å². The Morgan fingerprint density at radius 3 is 2.48 bits per heavy atom. The Labute approximate surface area is 184 Å². The molecule has 0 spiro atoms. The largest absolute Gasteiger partial charge is 0.493 e. The summed E-state index contributed by atoms with van der Waals surface area (Å²) in [4.78, 5) is 18.4. The van der Waals surface area contributed by atoms with E-state index in [2.05, 4.69) is 27.8 Å². The van der Waals surface area contributed by atoms with E-state index in [1.165, 1.54) is 0 Å². The maximum Gasteiger partial charge on any atom is 0.227 e. The fourth-order valence-electron chi connectivity index (χ4n) is 3.50. The van der Waals surface area contributed by atoms with E-state index >= 15 is 0 Å². The summed E-state index contributed by atoms with van der Waals surface area (Å²) in [5.74, 6) is 2.40. The number of nitrogens with zero attached hydrogens (tertiary/aromatic N) is 2. The van der Waals surface area contributed by atoms with Crippen LogP contribution < -0.4 is 25.0 Å². The number of rotatable bonds is 9. The van der Waals surface area contributed by atoms with Crippen LogP contribution in [0.5, 0.6) is 11.5 Å². The molecular weight excluding hydrogens is 392 g/mol. The summed E-state index contributed by atoms with van der Waals surface area (Å²) in [6, 6.07) is 14.0. The van der Waals surface area contributed by atoms with E-state index in [4.69, 9.17) is 9.47 Å². The Kier molecular flexibility index (Phi) is 8.15. The van der Waals surface area contributed by atoms with Crippen LogP contribution in [0.15, 0.2) is 47.5 Å². The van der Waals surface area contributed by atoms with Crippen molar-refractivity contribution in [2.75, 3.05) is 31.7 Å². The quantitative estimate of drug-likeness (QED) is 0.476. The minimum atomic E-state index is 0.207.